The number of rotatable bonds is 4. The van der Waals surface area contributed by atoms with Gasteiger partial charge in [-0.05, 0) is 31.4 Å². The second kappa shape index (κ2) is 5.03. The number of nitrogens with zero attached hydrogens (tertiary/aromatic N) is 1. The van der Waals surface area contributed by atoms with Crippen LogP contribution >= 0.6 is 11.8 Å². The molecule has 0 N–H and O–H groups in total. The van der Waals surface area contributed by atoms with Gasteiger partial charge >= 0.3 is 0 Å². The molecule has 2 unspecified atom stereocenters. The van der Waals surface area contributed by atoms with Crippen LogP contribution in [0.15, 0.2) is 0 Å². The summed E-state index contributed by atoms with van der Waals surface area (Å²) in [4.78, 5) is 11.3. The van der Waals surface area contributed by atoms with Crippen molar-refractivity contribution < 1.29 is 4.79 Å². The molecule has 84 valence electrons. The summed E-state index contributed by atoms with van der Waals surface area (Å²) < 4.78 is 0.231. The van der Waals surface area contributed by atoms with E-state index in [1.54, 1.807) is 0 Å². The van der Waals surface area contributed by atoms with Crippen molar-refractivity contribution in [1.29, 1.82) is 5.26 Å². The van der Waals surface area contributed by atoms with Crippen LogP contribution in [-0.2, 0) is 4.79 Å². The number of aldehydes is 1. The molecule has 0 aliphatic carbocycles. The zero-order chi connectivity index (χ0) is 11.4. The van der Waals surface area contributed by atoms with Gasteiger partial charge in [0.2, 0.25) is 0 Å². The lowest BCUT2D eigenvalue weighted by Crippen LogP contribution is -2.38. The molecule has 0 aromatic rings. The molecule has 1 heterocycles. The van der Waals surface area contributed by atoms with Crippen molar-refractivity contribution in [1.82, 2.24) is 0 Å². The van der Waals surface area contributed by atoms with Crippen LogP contribution in [0.2, 0.25) is 0 Å². The molecule has 0 saturated carbocycles. The lowest BCUT2D eigenvalue weighted by molar-refractivity contribution is -0.117. The number of hydrogen-bond donors (Lipinski definition) is 0. The Balaban J connectivity index is 2.73. The molecule has 1 aliphatic rings. The average molecular weight is 225 g/mol. The second-order valence-corrected chi connectivity index (χ2v) is 6.40. The van der Waals surface area contributed by atoms with Crippen LogP contribution in [0.5, 0.6) is 0 Å². The lowest BCUT2D eigenvalue weighted by Gasteiger charge is -2.42. The third-order valence-corrected chi connectivity index (χ3v) is 5.05. The highest BCUT2D eigenvalue weighted by atomic mass is 32.2. The minimum absolute atomic E-state index is 0.217. The smallest absolute Gasteiger partial charge is 0.126 e. The van der Waals surface area contributed by atoms with Crippen LogP contribution in [0.1, 0.15) is 46.0 Å². The molecule has 0 amide bonds. The van der Waals surface area contributed by atoms with Crippen molar-refractivity contribution in [3.63, 3.8) is 0 Å². The zero-order valence-electron chi connectivity index (χ0n) is 9.58. The maximum atomic E-state index is 11.3. The Kier molecular flexibility index (Phi) is 4.21. The first kappa shape index (κ1) is 12.6. The quantitative estimate of drug-likeness (QED) is 0.690. The fourth-order valence-corrected chi connectivity index (χ4v) is 3.88. The monoisotopic (exact) mass is 225 g/mol. The number of carbonyl (C=O) groups is 1. The van der Waals surface area contributed by atoms with Gasteiger partial charge < -0.3 is 4.79 Å². The van der Waals surface area contributed by atoms with Crippen LogP contribution in [0, 0.1) is 16.7 Å². The SMILES string of the molecule is CCC1(C)CC(C=O)(CCC#N)CCS1. The summed E-state index contributed by atoms with van der Waals surface area (Å²) in [5.74, 6) is 1.05. The Hall–Kier alpha value is -0.490. The van der Waals surface area contributed by atoms with Gasteiger partial charge in [0.05, 0.1) is 6.07 Å². The van der Waals surface area contributed by atoms with Gasteiger partial charge in [-0.15, -0.1) is 0 Å². The van der Waals surface area contributed by atoms with Crippen molar-refractivity contribution in [2.24, 2.45) is 5.41 Å². The van der Waals surface area contributed by atoms with E-state index in [-0.39, 0.29) is 10.2 Å². The Bertz CT molecular complexity index is 273. The molecule has 0 aromatic heterocycles. The van der Waals surface area contributed by atoms with Crippen molar-refractivity contribution >= 4 is 18.0 Å². The topological polar surface area (TPSA) is 40.9 Å². The predicted octanol–water partition coefficient (Wildman–Crippen LogP) is 3.17. The van der Waals surface area contributed by atoms with Gasteiger partial charge in [0.25, 0.3) is 0 Å². The minimum atomic E-state index is -0.217. The van der Waals surface area contributed by atoms with Gasteiger partial charge in [0.15, 0.2) is 0 Å². The third kappa shape index (κ3) is 2.98. The van der Waals surface area contributed by atoms with Gasteiger partial charge in [0, 0.05) is 16.6 Å². The largest absolute Gasteiger partial charge is 0.303 e. The van der Waals surface area contributed by atoms with E-state index in [0.717, 1.165) is 37.7 Å². The highest BCUT2D eigenvalue weighted by Gasteiger charge is 2.41. The summed E-state index contributed by atoms with van der Waals surface area (Å²) in [7, 11) is 0. The second-order valence-electron chi connectivity index (χ2n) is 4.72. The highest BCUT2D eigenvalue weighted by molar-refractivity contribution is 8.00. The number of hydrogen-bond acceptors (Lipinski definition) is 3. The molecule has 2 atom stereocenters. The van der Waals surface area contributed by atoms with Gasteiger partial charge in [0.1, 0.15) is 6.29 Å². The minimum Gasteiger partial charge on any atom is -0.303 e. The van der Waals surface area contributed by atoms with E-state index < -0.39 is 0 Å². The summed E-state index contributed by atoms with van der Waals surface area (Å²) in [5, 5.41) is 8.62. The molecule has 3 heteroatoms. The molecule has 1 aliphatic heterocycles. The fraction of sp³-hybridized carbons (Fsp3) is 0.833. The van der Waals surface area contributed by atoms with Crippen LogP contribution < -0.4 is 0 Å². The number of carbonyl (C=O) groups excluding carboxylic acids is 1. The number of thioether (sulfide) groups is 1. The summed E-state index contributed by atoms with van der Waals surface area (Å²) >= 11 is 1.97. The fourth-order valence-electron chi connectivity index (χ4n) is 2.29. The Morgan fingerprint density at radius 3 is 2.87 bits per heavy atom. The summed E-state index contributed by atoms with van der Waals surface area (Å²) in [6, 6.07) is 2.15. The van der Waals surface area contributed by atoms with Gasteiger partial charge in [-0.25, -0.2) is 0 Å². The normalized spacial score (nSPS) is 35.8. The van der Waals surface area contributed by atoms with Crippen molar-refractivity contribution in [3.05, 3.63) is 0 Å². The Morgan fingerprint density at radius 2 is 2.33 bits per heavy atom. The molecule has 1 fully saturated rings. The van der Waals surface area contributed by atoms with Crippen LogP contribution in [0.25, 0.3) is 0 Å². The molecule has 0 radical (unpaired) electrons. The van der Waals surface area contributed by atoms with Crippen LogP contribution in [0.3, 0.4) is 0 Å². The van der Waals surface area contributed by atoms with Crippen LogP contribution in [0.4, 0.5) is 0 Å². The first-order valence-corrected chi connectivity index (χ1v) is 6.55. The molecule has 1 rings (SSSR count). The molecule has 0 aromatic carbocycles. The maximum absolute atomic E-state index is 11.3. The van der Waals surface area contributed by atoms with Gasteiger partial charge in [-0.3, -0.25) is 0 Å². The Labute approximate surface area is 96.4 Å². The molecule has 1 saturated heterocycles. The highest BCUT2D eigenvalue weighted by Crippen LogP contribution is 2.48. The van der Waals surface area contributed by atoms with E-state index in [0.29, 0.717) is 6.42 Å². The number of nitriles is 1. The first-order valence-electron chi connectivity index (χ1n) is 5.57. The Morgan fingerprint density at radius 1 is 1.60 bits per heavy atom. The van der Waals surface area contributed by atoms with E-state index >= 15 is 0 Å². The van der Waals surface area contributed by atoms with E-state index in [9.17, 15) is 4.79 Å². The first-order chi connectivity index (χ1) is 7.10. The molecule has 15 heavy (non-hydrogen) atoms. The zero-order valence-corrected chi connectivity index (χ0v) is 10.4. The standard InChI is InChI=1S/C12H19NOS/c1-3-11(2)9-12(10-14,5-4-7-13)6-8-15-11/h10H,3-6,8-9H2,1-2H3. The van der Waals surface area contributed by atoms with Gasteiger partial charge in [-0.1, -0.05) is 13.8 Å². The average Bonchev–Trinajstić information content (AvgIpc) is 2.27. The summed E-state index contributed by atoms with van der Waals surface area (Å²) in [6.07, 6.45) is 5.33. The van der Waals surface area contributed by atoms with Crippen molar-refractivity contribution in [3.8, 4) is 6.07 Å². The van der Waals surface area contributed by atoms with E-state index in [2.05, 4.69) is 19.9 Å². The van der Waals surface area contributed by atoms with Gasteiger partial charge in [-0.2, -0.15) is 17.0 Å². The van der Waals surface area contributed by atoms with Crippen molar-refractivity contribution in [2.45, 2.75) is 50.7 Å². The third-order valence-electron chi connectivity index (χ3n) is 3.51. The summed E-state index contributed by atoms with van der Waals surface area (Å²) in [6.45, 7) is 4.42. The molecule has 0 bridgehead atoms. The lowest BCUT2D eigenvalue weighted by atomic mass is 9.74. The van der Waals surface area contributed by atoms with E-state index in [1.165, 1.54) is 0 Å². The molecule has 0 spiro atoms. The molecule has 2 nitrogen and oxygen atoms in total. The predicted molar refractivity (Wildman–Crippen MR) is 63.7 cm³/mol. The van der Waals surface area contributed by atoms with Crippen molar-refractivity contribution in [2.75, 3.05) is 5.75 Å². The van der Waals surface area contributed by atoms with E-state index in [4.69, 9.17) is 5.26 Å². The van der Waals surface area contributed by atoms with Crippen LogP contribution in [-0.4, -0.2) is 16.8 Å². The van der Waals surface area contributed by atoms with E-state index in [1.807, 2.05) is 11.8 Å². The molecular formula is C12H19NOS. The maximum Gasteiger partial charge on any atom is 0.126 e. The summed E-state index contributed by atoms with van der Waals surface area (Å²) in [5.41, 5.74) is -0.217. The molecular weight excluding hydrogens is 206 g/mol.